The third-order valence-corrected chi connectivity index (χ3v) is 7.52. The average molecular weight is 524 g/mol. The van der Waals surface area contributed by atoms with E-state index in [1.165, 1.54) is 6.92 Å². The Hall–Kier alpha value is -3.36. The topological polar surface area (TPSA) is 114 Å². The van der Waals surface area contributed by atoms with Gasteiger partial charge in [-0.1, -0.05) is 0 Å². The fraction of sp³-hybridized carbons (Fsp3) is 0.600. The van der Waals surface area contributed by atoms with Gasteiger partial charge in [0.05, 0.1) is 17.7 Å². The molecule has 2 bridgehead atoms. The molecule has 6 unspecified atom stereocenters. The maximum Gasteiger partial charge on any atom is 0.255 e. The fourth-order valence-electron chi connectivity index (χ4n) is 5.70. The number of anilines is 1. The van der Waals surface area contributed by atoms with Crippen molar-refractivity contribution in [1.82, 2.24) is 15.5 Å². The molecular weight excluding hydrogens is 494 g/mol. The van der Waals surface area contributed by atoms with E-state index in [9.17, 15) is 37.2 Å². The minimum atomic E-state index is -3.20. The highest BCUT2D eigenvalue weighted by Crippen LogP contribution is 2.49. The molecular formula is C25H29F4N5O3. The molecule has 37 heavy (non-hydrogen) atoms. The highest BCUT2D eigenvalue weighted by atomic mass is 19.3. The molecule has 8 nitrogen and oxygen atoms in total. The van der Waals surface area contributed by atoms with E-state index in [0.29, 0.717) is 13.0 Å². The summed E-state index contributed by atoms with van der Waals surface area (Å²) in [6, 6.07) is -0.139. The van der Waals surface area contributed by atoms with E-state index < -0.39 is 71.8 Å². The van der Waals surface area contributed by atoms with Gasteiger partial charge in [-0.15, -0.1) is 0 Å². The van der Waals surface area contributed by atoms with Gasteiger partial charge in [-0.3, -0.25) is 14.4 Å². The molecule has 3 heterocycles. The summed E-state index contributed by atoms with van der Waals surface area (Å²) in [5.41, 5.74) is -0.273. The molecule has 1 aromatic carbocycles. The number of nitriles is 1. The van der Waals surface area contributed by atoms with Crippen LogP contribution in [0.4, 0.5) is 23.2 Å². The molecule has 1 aromatic rings. The Kier molecular flexibility index (Phi) is 7.62. The highest BCUT2D eigenvalue weighted by Gasteiger charge is 2.60. The van der Waals surface area contributed by atoms with Crippen molar-refractivity contribution in [3.8, 4) is 6.07 Å². The number of amides is 3. The molecule has 1 aliphatic carbocycles. The zero-order valence-electron chi connectivity index (χ0n) is 20.3. The van der Waals surface area contributed by atoms with Gasteiger partial charge < -0.3 is 20.9 Å². The van der Waals surface area contributed by atoms with E-state index in [0.717, 1.165) is 29.5 Å². The first kappa shape index (κ1) is 26.7. The molecule has 3 amide bonds. The van der Waals surface area contributed by atoms with E-state index in [1.54, 1.807) is 0 Å². The number of rotatable bonds is 7. The number of nitrogens with one attached hydrogen (secondary N) is 3. The molecule has 5 rings (SSSR count). The molecule has 1 saturated carbocycles. The third kappa shape index (κ3) is 5.50. The first-order chi connectivity index (χ1) is 17.5. The van der Waals surface area contributed by atoms with E-state index in [-0.39, 0.29) is 30.9 Å². The Morgan fingerprint density at radius 1 is 1.27 bits per heavy atom. The number of carbonyl (C=O) groups excluding carboxylic acids is 3. The number of benzene rings is 1. The van der Waals surface area contributed by atoms with E-state index in [2.05, 4.69) is 16.0 Å². The molecule has 4 fully saturated rings. The standard InChI is InChI=1S/C25H29F4N5O3/c1-13(32-20-10-15(26)4-7-19(20)27)24(37)34-17-5-6-18(25(28,29)11-17)21(34)23(36)33-16(12-30)9-14-3-2-8-31-22(14)35/h4,7,10,13-14,16-18,21,32H,2-3,5-6,8-9,11H2,1H3,(H,31,35)(H,33,36). The van der Waals surface area contributed by atoms with Crippen molar-refractivity contribution in [2.45, 2.75) is 75.5 Å². The van der Waals surface area contributed by atoms with Crippen molar-refractivity contribution in [2.24, 2.45) is 11.8 Å². The van der Waals surface area contributed by atoms with Crippen LogP contribution in [-0.4, -0.2) is 59.3 Å². The monoisotopic (exact) mass is 523 g/mol. The molecule has 0 aromatic heterocycles. The maximum atomic E-state index is 14.9. The quantitative estimate of drug-likeness (QED) is 0.476. The van der Waals surface area contributed by atoms with Crippen LogP contribution in [0.15, 0.2) is 18.2 Å². The Balaban J connectivity index is 1.54. The van der Waals surface area contributed by atoms with Crippen LogP contribution in [0.1, 0.15) is 45.4 Å². The Bertz CT molecular complexity index is 1110. The zero-order chi connectivity index (χ0) is 26.9. The molecule has 3 aliphatic heterocycles. The van der Waals surface area contributed by atoms with Crippen LogP contribution in [-0.2, 0) is 14.4 Å². The van der Waals surface area contributed by atoms with Crippen LogP contribution in [0.2, 0.25) is 0 Å². The summed E-state index contributed by atoms with van der Waals surface area (Å²) >= 11 is 0. The lowest BCUT2D eigenvalue weighted by molar-refractivity contribution is -0.194. The van der Waals surface area contributed by atoms with Crippen LogP contribution in [0.5, 0.6) is 0 Å². The van der Waals surface area contributed by atoms with Crippen molar-refractivity contribution in [2.75, 3.05) is 11.9 Å². The fourth-order valence-corrected chi connectivity index (χ4v) is 5.70. The van der Waals surface area contributed by atoms with Gasteiger partial charge in [-0.25, -0.2) is 17.6 Å². The third-order valence-electron chi connectivity index (χ3n) is 7.52. The number of fused-ring (bicyclic) bond motifs is 3. The van der Waals surface area contributed by atoms with Crippen molar-refractivity contribution in [3.05, 3.63) is 29.8 Å². The molecule has 6 atom stereocenters. The van der Waals surface area contributed by atoms with Crippen molar-refractivity contribution >= 4 is 23.4 Å². The maximum absolute atomic E-state index is 14.9. The van der Waals surface area contributed by atoms with Crippen molar-refractivity contribution in [3.63, 3.8) is 0 Å². The van der Waals surface area contributed by atoms with E-state index in [1.807, 2.05) is 6.07 Å². The first-order valence-corrected chi connectivity index (χ1v) is 12.4. The predicted octanol–water partition coefficient (Wildman–Crippen LogP) is 2.70. The van der Waals surface area contributed by atoms with Crippen molar-refractivity contribution < 1.29 is 31.9 Å². The first-order valence-electron chi connectivity index (χ1n) is 12.4. The highest BCUT2D eigenvalue weighted by molar-refractivity contribution is 5.92. The second kappa shape index (κ2) is 10.6. The zero-order valence-corrected chi connectivity index (χ0v) is 20.3. The molecule has 0 spiro atoms. The van der Waals surface area contributed by atoms with Crippen LogP contribution >= 0.6 is 0 Å². The number of hydrogen-bond donors (Lipinski definition) is 3. The second-order valence-electron chi connectivity index (χ2n) is 10.0. The average Bonchev–Trinajstić information content (AvgIpc) is 2.85. The van der Waals surface area contributed by atoms with Gasteiger partial charge in [0.25, 0.3) is 5.92 Å². The largest absolute Gasteiger partial charge is 0.371 e. The Morgan fingerprint density at radius 3 is 2.70 bits per heavy atom. The lowest BCUT2D eigenvalue weighted by atomic mass is 9.71. The number of carbonyl (C=O) groups is 3. The van der Waals surface area contributed by atoms with Crippen molar-refractivity contribution in [1.29, 1.82) is 5.26 Å². The van der Waals surface area contributed by atoms with Gasteiger partial charge in [0.1, 0.15) is 29.8 Å². The number of piperidine rings is 3. The summed E-state index contributed by atoms with van der Waals surface area (Å²) in [7, 11) is 0. The molecule has 12 heteroatoms. The number of halogens is 4. The van der Waals surface area contributed by atoms with Crippen LogP contribution in [0.3, 0.4) is 0 Å². The minimum absolute atomic E-state index is 0.0160. The van der Waals surface area contributed by atoms with E-state index in [4.69, 9.17) is 0 Å². The summed E-state index contributed by atoms with van der Waals surface area (Å²) in [6.07, 6.45) is 0.952. The van der Waals surface area contributed by atoms with Crippen LogP contribution in [0.25, 0.3) is 0 Å². The van der Waals surface area contributed by atoms with Gasteiger partial charge in [-0.05, 0) is 57.2 Å². The van der Waals surface area contributed by atoms with Gasteiger partial charge in [0, 0.05) is 24.9 Å². The molecule has 0 radical (unpaired) electrons. The number of nitrogens with zero attached hydrogens (tertiary/aromatic N) is 2. The normalized spacial score (nSPS) is 28.0. The van der Waals surface area contributed by atoms with Crippen LogP contribution in [0, 0.1) is 34.8 Å². The molecule has 3 N–H and O–H groups in total. The predicted molar refractivity (Wildman–Crippen MR) is 124 cm³/mol. The van der Waals surface area contributed by atoms with Gasteiger partial charge >= 0.3 is 0 Å². The number of alkyl halides is 2. The summed E-state index contributed by atoms with van der Waals surface area (Å²) in [4.78, 5) is 40.0. The lowest BCUT2D eigenvalue weighted by Gasteiger charge is -2.54. The van der Waals surface area contributed by atoms with Gasteiger partial charge in [0.2, 0.25) is 17.7 Å². The molecule has 4 aliphatic rings. The second-order valence-corrected chi connectivity index (χ2v) is 10.0. The Labute approximate surface area is 211 Å². The Morgan fingerprint density at radius 2 is 2.03 bits per heavy atom. The molecule has 3 saturated heterocycles. The SMILES string of the molecule is CC(Nc1cc(F)ccc1F)C(=O)N1C2CCC(C1C(=O)NC(C#N)CC1CCCNC1=O)C(F)(F)C2. The lowest BCUT2D eigenvalue weighted by Crippen LogP contribution is -2.70. The van der Waals surface area contributed by atoms with E-state index >= 15 is 0 Å². The van der Waals surface area contributed by atoms with Gasteiger partial charge in [-0.2, -0.15) is 5.26 Å². The summed E-state index contributed by atoms with van der Waals surface area (Å²) in [5, 5.41) is 17.4. The minimum Gasteiger partial charge on any atom is -0.371 e. The number of hydrogen-bond acceptors (Lipinski definition) is 5. The summed E-state index contributed by atoms with van der Waals surface area (Å²) in [5.74, 6) is -8.52. The van der Waals surface area contributed by atoms with Crippen LogP contribution < -0.4 is 16.0 Å². The smallest absolute Gasteiger partial charge is 0.255 e. The summed E-state index contributed by atoms with van der Waals surface area (Å²) < 4.78 is 57.5. The summed E-state index contributed by atoms with van der Waals surface area (Å²) in [6.45, 7) is 1.91. The molecule has 200 valence electrons. The van der Waals surface area contributed by atoms with Gasteiger partial charge in [0.15, 0.2) is 0 Å².